The molecule has 0 heterocycles. The lowest BCUT2D eigenvalue weighted by Gasteiger charge is -2.44. The Labute approximate surface area is 138 Å². The first-order valence-corrected chi connectivity index (χ1v) is 7.91. The number of carbonyl (C=O) groups excluding carboxylic acids is 3. The predicted molar refractivity (Wildman–Crippen MR) is 84.8 cm³/mol. The molecule has 1 aromatic rings. The number of benzene rings is 1. The van der Waals surface area contributed by atoms with Gasteiger partial charge in [0.05, 0.1) is 17.1 Å². The van der Waals surface area contributed by atoms with Gasteiger partial charge in [0.15, 0.2) is 17.3 Å². The third-order valence-electron chi connectivity index (χ3n) is 5.25. The standard InChI is InChI=1S/C19H16O5/c1-9-7-13(21)16-15-11(5-6-19(16,24)8-9)17(22)14-10(18(15)23)3-2-4-12(14)20/h2-4,7,16,20,24H,5-6,8H2,1H3/t16-,19+/m1/s1. The van der Waals surface area contributed by atoms with E-state index < -0.39 is 23.1 Å². The Kier molecular flexibility index (Phi) is 2.97. The summed E-state index contributed by atoms with van der Waals surface area (Å²) in [6, 6.07) is 4.33. The molecule has 0 saturated carbocycles. The summed E-state index contributed by atoms with van der Waals surface area (Å²) in [6.07, 6.45) is 2.23. The molecule has 0 aliphatic heterocycles. The molecule has 0 fully saturated rings. The van der Waals surface area contributed by atoms with Crippen molar-refractivity contribution in [3.63, 3.8) is 0 Å². The molecule has 0 bridgehead atoms. The van der Waals surface area contributed by atoms with Gasteiger partial charge in [-0.15, -0.1) is 0 Å². The van der Waals surface area contributed by atoms with Crippen LogP contribution in [0.4, 0.5) is 0 Å². The Bertz CT molecular complexity index is 889. The molecule has 4 rings (SSSR count). The summed E-state index contributed by atoms with van der Waals surface area (Å²) in [4.78, 5) is 38.3. The van der Waals surface area contributed by atoms with Crippen molar-refractivity contribution in [3.05, 3.63) is 52.1 Å². The van der Waals surface area contributed by atoms with E-state index in [1.807, 2.05) is 0 Å². The first-order chi connectivity index (χ1) is 11.3. The van der Waals surface area contributed by atoms with Gasteiger partial charge in [-0.2, -0.15) is 0 Å². The van der Waals surface area contributed by atoms with Crippen molar-refractivity contribution in [2.45, 2.75) is 31.8 Å². The number of Topliss-reactive ketones (excluding diaryl/α,β-unsaturated/α-hetero) is 2. The lowest BCUT2D eigenvalue weighted by molar-refractivity contribution is -0.127. The van der Waals surface area contributed by atoms with Gasteiger partial charge in [0.25, 0.3) is 0 Å². The molecule has 1 aromatic carbocycles. The summed E-state index contributed by atoms with van der Waals surface area (Å²) < 4.78 is 0. The zero-order chi connectivity index (χ0) is 17.2. The van der Waals surface area contributed by atoms with Crippen molar-refractivity contribution < 1.29 is 24.6 Å². The number of hydrogen-bond acceptors (Lipinski definition) is 5. The number of carbonyl (C=O) groups is 3. The SMILES string of the molecule is CC1=CC(=O)[C@@H]2C3=C(CC[C@]2(O)C1)C(=O)c1c(O)cccc1C3=O. The molecule has 2 atom stereocenters. The van der Waals surface area contributed by atoms with E-state index >= 15 is 0 Å². The van der Waals surface area contributed by atoms with E-state index in [-0.39, 0.29) is 46.6 Å². The predicted octanol–water partition coefficient (Wildman–Crippen LogP) is 2.13. The van der Waals surface area contributed by atoms with Crippen molar-refractivity contribution in [3.8, 4) is 5.75 Å². The highest BCUT2D eigenvalue weighted by Crippen LogP contribution is 2.48. The van der Waals surface area contributed by atoms with Crippen LogP contribution in [0.1, 0.15) is 46.9 Å². The molecular formula is C19H16O5. The van der Waals surface area contributed by atoms with Crippen LogP contribution in [-0.4, -0.2) is 33.2 Å². The Morgan fingerprint density at radius 2 is 1.92 bits per heavy atom. The molecule has 122 valence electrons. The number of ketones is 3. The Balaban J connectivity index is 1.95. The summed E-state index contributed by atoms with van der Waals surface area (Å²) in [6.45, 7) is 1.77. The lowest BCUT2D eigenvalue weighted by Crippen LogP contribution is -2.51. The number of fused-ring (bicyclic) bond motifs is 3. The van der Waals surface area contributed by atoms with E-state index in [0.29, 0.717) is 6.42 Å². The third kappa shape index (κ3) is 1.82. The average molecular weight is 324 g/mol. The Hall–Kier alpha value is -2.53. The van der Waals surface area contributed by atoms with E-state index in [0.717, 1.165) is 5.57 Å². The number of phenols is 1. The maximum atomic E-state index is 13.0. The normalized spacial score (nSPS) is 29.0. The van der Waals surface area contributed by atoms with E-state index in [4.69, 9.17) is 0 Å². The zero-order valence-corrected chi connectivity index (χ0v) is 13.1. The van der Waals surface area contributed by atoms with Gasteiger partial charge < -0.3 is 10.2 Å². The molecule has 3 aliphatic rings. The molecule has 0 spiro atoms. The van der Waals surface area contributed by atoms with Crippen LogP contribution in [0.25, 0.3) is 0 Å². The molecule has 3 aliphatic carbocycles. The maximum Gasteiger partial charge on any atom is 0.193 e. The summed E-state index contributed by atoms with van der Waals surface area (Å²) >= 11 is 0. The third-order valence-corrected chi connectivity index (χ3v) is 5.25. The molecule has 5 heteroatoms. The van der Waals surface area contributed by atoms with Gasteiger partial charge in [-0.1, -0.05) is 17.7 Å². The number of allylic oxidation sites excluding steroid dienone is 2. The summed E-state index contributed by atoms with van der Waals surface area (Å²) in [5.74, 6) is -2.43. The van der Waals surface area contributed by atoms with Gasteiger partial charge in [-0.25, -0.2) is 0 Å². The minimum absolute atomic E-state index is 0.00155. The van der Waals surface area contributed by atoms with Crippen LogP contribution < -0.4 is 0 Å². The monoisotopic (exact) mass is 324 g/mol. The molecule has 24 heavy (non-hydrogen) atoms. The molecule has 0 unspecified atom stereocenters. The number of hydrogen-bond donors (Lipinski definition) is 2. The van der Waals surface area contributed by atoms with Crippen LogP contribution in [0.2, 0.25) is 0 Å². The summed E-state index contributed by atoms with van der Waals surface area (Å²) in [7, 11) is 0. The van der Waals surface area contributed by atoms with Crippen molar-refractivity contribution in [2.75, 3.05) is 0 Å². The minimum atomic E-state index is -1.32. The smallest absolute Gasteiger partial charge is 0.193 e. The van der Waals surface area contributed by atoms with Gasteiger partial charge in [0.1, 0.15) is 5.75 Å². The molecule has 5 nitrogen and oxygen atoms in total. The van der Waals surface area contributed by atoms with Gasteiger partial charge in [-0.3, -0.25) is 14.4 Å². The van der Waals surface area contributed by atoms with E-state index in [9.17, 15) is 24.6 Å². The maximum absolute atomic E-state index is 13.0. The van der Waals surface area contributed by atoms with Crippen molar-refractivity contribution in [1.29, 1.82) is 0 Å². The highest BCUT2D eigenvalue weighted by Gasteiger charge is 2.53. The lowest BCUT2D eigenvalue weighted by atomic mass is 9.61. The van der Waals surface area contributed by atoms with Crippen LogP contribution in [-0.2, 0) is 4.79 Å². The first kappa shape index (κ1) is 15.0. The van der Waals surface area contributed by atoms with E-state index in [1.54, 1.807) is 6.92 Å². The average Bonchev–Trinajstić information content (AvgIpc) is 2.50. The molecular weight excluding hydrogens is 308 g/mol. The second-order valence-corrected chi connectivity index (χ2v) is 6.86. The van der Waals surface area contributed by atoms with Gasteiger partial charge in [0.2, 0.25) is 0 Å². The number of aliphatic hydroxyl groups is 1. The molecule has 0 radical (unpaired) electrons. The highest BCUT2D eigenvalue weighted by molar-refractivity contribution is 6.29. The Morgan fingerprint density at radius 1 is 1.17 bits per heavy atom. The fraction of sp³-hybridized carbons (Fsp3) is 0.316. The van der Waals surface area contributed by atoms with Crippen molar-refractivity contribution in [2.24, 2.45) is 5.92 Å². The van der Waals surface area contributed by atoms with Crippen molar-refractivity contribution in [1.82, 2.24) is 0 Å². The van der Waals surface area contributed by atoms with Crippen LogP contribution in [0, 0.1) is 5.92 Å². The summed E-state index contributed by atoms with van der Waals surface area (Å²) in [5, 5.41) is 21.0. The second-order valence-electron chi connectivity index (χ2n) is 6.86. The molecule has 0 amide bonds. The number of rotatable bonds is 0. The zero-order valence-electron chi connectivity index (χ0n) is 13.1. The molecule has 2 N–H and O–H groups in total. The highest BCUT2D eigenvalue weighted by atomic mass is 16.3. The fourth-order valence-electron chi connectivity index (χ4n) is 4.29. The van der Waals surface area contributed by atoms with Crippen molar-refractivity contribution >= 4 is 17.3 Å². The minimum Gasteiger partial charge on any atom is -0.507 e. The molecule has 0 aromatic heterocycles. The largest absolute Gasteiger partial charge is 0.507 e. The quantitative estimate of drug-likeness (QED) is 0.763. The van der Waals surface area contributed by atoms with E-state index in [1.165, 1.54) is 24.3 Å². The van der Waals surface area contributed by atoms with Gasteiger partial charge >= 0.3 is 0 Å². The van der Waals surface area contributed by atoms with Crippen LogP contribution in [0.15, 0.2) is 41.0 Å². The van der Waals surface area contributed by atoms with Crippen LogP contribution in [0.3, 0.4) is 0 Å². The van der Waals surface area contributed by atoms with Gasteiger partial charge in [-0.05, 0) is 38.3 Å². The number of aromatic hydroxyl groups is 1. The summed E-state index contributed by atoms with van der Waals surface area (Å²) in [5.41, 5.74) is -0.0799. The molecule has 0 saturated heterocycles. The first-order valence-electron chi connectivity index (χ1n) is 7.91. The second kappa shape index (κ2) is 4.74. The van der Waals surface area contributed by atoms with Crippen LogP contribution in [0.5, 0.6) is 5.75 Å². The van der Waals surface area contributed by atoms with Gasteiger partial charge in [0, 0.05) is 16.7 Å². The fourth-order valence-corrected chi connectivity index (χ4v) is 4.29. The number of phenolic OH excluding ortho intramolecular Hbond substituents is 1. The Morgan fingerprint density at radius 3 is 2.67 bits per heavy atom. The topological polar surface area (TPSA) is 91.7 Å². The van der Waals surface area contributed by atoms with Crippen LogP contribution >= 0.6 is 0 Å². The van der Waals surface area contributed by atoms with E-state index in [2.05, 4.69) is 0 Å².